The van der Waals surface area contributed by atoms with Gasteiger partial charge in [-0.1, -0.05) is 59.6 Å². The lowest BCUT2D eigenvalue weighted by Gasteiger charge is -2.13. The molecular weight excluding hydrogens is 878 g/mol. The van der Waals surface area contributed by atoms with Gasteiger partial charge in [0.15, 0.2) is 11.6 Å². The summed E-state index contributed by atoms with van der Waals surface area (Å²) >= 11 is 25.2. The van der Waals surface area contributed by atoms with Crippen LogP contribution in [0.3, 0.4) is 0 Å². The van der Waals surface area contributed by atoms with Crippen LogP contribution < -0.4 is 21.3 Å². The topological polar surface area (TPSA) is 200 Å². The molecule has 0 saturated carbocycles. The molecule has 18 heteroatoms. The number of Topliss-reactive ketones (excluding diaryl/α,β-unsaturated/α-hetero) is 2. The number of benzene rings is 5. The maximum Gasteiger partial charge on any atom is 0.258 e. The van der Waals surface area contributed by atoms with Crippen LogP contribution in [0.4, 0.5) is 34.1 Å². The van der Waals surface area contributed by atoms with E-state index in [9.17, 15) is 28.8 Å². The van der Waals surface area contributed by atoms with Gasteiger partial charge >= 0.3 is 0 Å². The molecular formula is C44H38Cl4N8O6. The highest BCUT2D eigenvalue weighted by atomic mass is 35.5. The summed E-state index contributed by atoms with van der Waals surface area (Å²) in [4.78, 5) is 77.6. The number of ketones is 2. The van der Waals surface area contributed by atoms with Crippen LogP contribution in [0.15, 0.2) is 130 Å². The van der Waals surface area contributed by atoms with Crippen LogP contribution in [0.2, 0.25) is 10.0 Å². The summed E-state index contributed by atoms with van der Waals surface area (Å²) in [7, 11) is 0. The molecule has 0 fully saturated rings. The van der Waals surface area contributed by atoms with Gasteiger partial charge in [0.05, 0.1) is 43.3 Å². The molecule has 0 radical (unpaired) electrons. The first-order chi connectivity index (χ1) is 29.5. The van der Waals surface area contributed by atoms with E-state index in [1.54, 1.807) is 62.4 Å². The summed E-state index contributed by atoms with van der Waals surface area (Å²) in [6.07, 6.45) is 0. The molecule has 0 saturated heterocycles. The summed E-state index contributed by atoms with van der Waals surface area (Å²) in [5.41, 5.74) is 3.38. The Kier molecular flexibility index (Phi) is 16.2. The predicted octanol–water partition coefficient (Wildman–Crippen LogP) is 11.5. The maximum atomic E-state index is 13.2. The van der Waals surface area contributed by atoms with Gasteiger partial charge < -0.3 is 21.3 Å². The molecule has 62 heavy (non-hydrogen) atoms. The number of azo groups is 2. The predicted molar refractivity (Wildman–Crippen MR) is 242 cm³/mol. The van der Waals surface area contributed by atoms with Crippen LogP contribution in [0.5, 0.6) is 0 Å². The van der Waals surface area contributed by atoms with Gasteiger partial charge in [-0.2, -0.15) is 20.5 Å². The lowest BCUT2D eigenvalue weighted by atomic mass is 10.1. The lowest BCUT2D eigenvalue weighted by Crippen LogP contribution is -2.32. The second-order valence-electron chi connectivity index (χ2n) is 13.7. The first-order valence-corrected chi connectivity index (χ1v) is 20.4. The molecule has 0 aromatic heterocycles. The molecule has 0 aliphatic carbocycles. The Hall–Kier alpha value is -6.32. The quantitative estimate of drug-likeness (QED) is 0.0431. The van der Waals surface area contributed by atoms with E-state index >= 15 is 0 Å². The molecule has 0 heterocycles. The van der Waals surface area contributed by atoms with Crippen molar-refractivity contribution in [3.05, 3.63) is 141 Å². The third-order valence-electron chi connectivity index (χ3n) is 8.93. The number of carbonyl (C=O) groups is 6. The van der Waals surface area contributed by atoms with Gasteiger partial charge in [0.1, 0.15) is 0 Å². The minimum atomic E-state index is -1.55. The number of rotatable bonds is 16. The van der Waals surface area contributed by atoms with Crippen LogP contribution in [0.1, 0.15) is 70.3 Å². The number of halogens is 4. The standard InChI is InChI=1S/C44H38Cl4N8O6/c1-23(45)31-9-5-7-11-37(31)51-41(59)33-21-29(17-19-35(33)47)53-55-39(25(3)57)43(61)49-27-13-15-28(16-14-27)50-44(62)40(26(4)58)56-54-30-18-20-36(48)34(22-30)42(60)52-38-12-8-6-10-32(38)24(2)46/h5-24,39-40H,1-4H3,(H,49,61)(H,50,62)(H,51,59)(H,52,60). The number of hydrogen-bond donors (Lipinski definition) is 4. The summed E-state index contributed by atoms with van der Waals surface area (Å²) in [6, 6.07) is 25.3. The Balaban J connectivity index is 1.21. The van der Waals surface area contributed by atoms with E-state index in [0.29, 0.717) is 22.5 Å². The van der Waals surface area contributed by atoms with E-state index in [0.717, 1.165) is 0 Å². The van der Waals surface area contributed by atoms with Gasteiger partial charge in [-0.25, -0.2) is 0 Å². The zero-order valence-corrected chi connectivity index (χ0v) is 36.5. The Morgan fingerprint density at radius 2 is 0.855 bits per heavy atom. The molecule has 5 rings (SSSR count). The first kappa shape index (κ1) is 46.7. The minimum absolute atomic E-state index is 0.0753. The SMILES string of the molecule is CC(=O)C(N=Nc1ccc(Cl)c(C(=O)Nc2ccccc2C(C)Cl)c1)C(=O)Nc1ccc(NC(=O)C(N=Nc2ccc(Cl)c(C(=O)Nc3ccccc3C(C)Cl)c2)C(C)=O)cc1. The molecule has 5 aromatic rings. The number of carbonyl (C=O) groups excluding carboxylic acids is 6. The summed E-state index contributed by atoms with van der Waals surface area (Å²) in [6.45, 7) is 5.90. The van der Waals surface area contributed by atoms with Crippen molar-refractivity contribution in [3.63, 3.8) is 0 Å². The van der Waals surface area contributed by atoms with Gasteiger partial charge in [-0.15, -0.1) is 23.2 Å². The zero-order valence-electron chi connectivity index (χ0n) is 33.5. The van der Waals surface area contributed by atoms with Crippen LogP contribution in [0.25, 0.3) is 0 Å². The zero-order chi connectivity index (χ0) is 45.1. The Bertz CT molecular complexity index is 2410. The number of nitrogens with one attached hydrogen (secondary N) is 4. The monoisotopic (exact) mass is 914 g/mol. The van der Waals surface area contributed by atoms with Gasteiger partial charge in [0.25, 0.3) is 23.6 Å². The second kappa shape index (κ2) is 21.5. The number of alkyl halides is 2. The normalized spacial score (nSPS) is 13.2. The van der Waals surface area contributed by atoms with Crippen LogP contribution in [-0.2, 0) is 19.2 Å². The summed E-state index contributed by atoms with van der Waals surface area (Å²) in [5.74, 6) is -3.89. The molecule has 318 valence electrons. The van der Waals surface area contributed by atoms with Crippen molar-refractivity contribution in [1.29, 1.82) is 0 Å². The Morgan fingerprint density at radius 1 is 0.500 bits per heavy atom. The van der Waals surface area contributed by atoms with E-state index < -0.39 is 47.3 Å². The van der Waals surface area contributed by atoms with Crippen molar-refractivity contribution in [2.24, 2.45) is 20.5 Å². The summed E-state index contributed by atoms with van der Waals surface area (Å²) in [5, 5.41) is 26.3. The fourth-order valence-electron chi connectivity index (χ4n) is 5.74. The third-order valence-corrected chi connectivity index (χ3v) is 10.1. The van der Waals surface area contributed by atoms with Gasteiger partial charge in [-0.3, -0.25) is 28.8 Å². The van der Waals surface area contributed by atoms with Crippen LogP contribution in [0, 0.1) is 0 Å². The molecule has 14 nitrogen and oxygen atoms in total. The van der Waals surface area contributed by atoms with Crippen molar-refractivity contribution < 1.29 is 28.8 Å². The van der Waals surface area contributed by atoms with E-state index in [1.807, 2.05) is 0 Å². The third kappa shape index (κ3) is 12.4. The molecule has 4 atom stereocenters. The van der Waals surface area contributed by atoms with Crippen molar-refractivity contribution >= 4 is 116 Å². The molecule has 4 amide bonds. The van der Waals surface area contributed by atoms with Crippen molar-refractivity contribution in [2.45, 2.75) is 50.5 Å². The van der Waals surface area contributed by atoms with E-state index in [1.165, 1.54) is 74.5 Å². The number of amides is 4. The average molecular weight is 917 g/mol. The fourth-order valence-corrected chi connectivity index (χ4v) is 6.52. The molecule has 4 unspecified atom stereocenters. The highest BCUT2D eigenvalue weighted by molar-refractivity contribution is 6.35. The van der Waals surface area contributed by atoms with E-state index in [4.69, 9.17) is 46.4 Å². The highest BCUT2D eigenvalue weighted by Gasteiger charge is 2.25. The largest absolute Gasteiger partial charge is 0.324 e. The Morgan fingerprint density at radius 3 is 1.19 bits per heavy atom. The summed E-state index contributed by atoms with van der Waals surface area (Å²) < 4.78 is 0. The van der Waals surface area contributed by atoms with Crippen LogP contribution in [-0.4, -0.2) is 47.3 Å². The van der Waals surface area contributed by atoms with E-state index in [2.05, 4.69) is 41.7 Å². The van der Waals surface area contributed by atoms with Gasteiger partial charge in [-0.05, 0) is 112 Å². The van der Waals surface area contributed by atoms with Crippen molar-refractivity contribution in [1.82, 2.24) is 0 Å². The fraction of sp³-hybridized carbons (Fsp3) is 0.182. The molecule has 0 aliphatic rings. The van der Waals surface area contributed by atoms with Gasteiger partial charge in [0.2, 0.25) is 12.1 Å². The lowest BCUT2D eigenvalue weighted by molar-refractivity contribution is -0.127. The van der Waals surface area contributed by atoms with Crippen molar-refractivity contribution in [2.75, 3.05) is 21.3 Å². The smallest absolute Gasteiger partial charge is 0.258 e. The number of para-hydroxylation sites is 2. The number of nitrogens with zero attached hydrogens (tertiary/aromatic N) is 4. The maximum absolute atomic E-state index is 13.2. The highest BCUT2D eigenvalue weighted by Crippen LogP contribution is 2.31. The molecule has 5 aromatic carbocycles. The molecule has 0 aliphatic heterocycles. The van der Waals surface area contributed by atoms with Crippen molar-refractivity contribution in [3.8, 4) is 0 Å². The molecule has 4 N–H and O–H groups in total. The minimum Gasteiger partial charge on any atom is -0.324 e. The van der Waals surface area contributed by atoms with E-state index in [-0.39, 0.29) is 54.7 Å². The number of hydrogen-bond acceptors (Lipinski definition) is 10. The second-order valence-corrected chi connectivity index (χ2v) is 15.8. The Labute approximate surface area is 376 Å². The average Bonchev–Trinajstić information content (AvgIpc) is 3.22. The molecule has 0 spiro atoms. The first-order valence-electron chi connectivity index (χ1n) is 18.7. The number of anilines is 4. The van der Waals surface area contributed by atoms with Gasteiger partial charge in [0, 0.05) is 22.7 Å². The molecule has 0 bridgehead atoms. The van der Waals surface area contributed by atoms with Crippen LogP contribution >= 0.6 is 46.4 Å².